The van der Waals surface area contributed by atoms with Crippen molar-refractivity contribution in [2.24, 2.45) is 4.99 Å². The van der Waals surface area contributed by atoms with Gasteiger partial charge in [0.2, 0.25) is 0 Å². The van der Waals surface area contributed by atoms with Crippen LogP contribution in [0.5, 0.6) is 0 Å². The van der Waals surface area contributed by atoms with Gasteiger partial charge in [0.05, 0.1) is 5.56 Å². The quantitative estimate of drug-likeness (QED) is 0.842. The van der Waals surface area contributed by atoms with Crippen LogP contribution < -0.4 is 10.6 Å². The maximum atomic E-state index is 13.3. The Labute approximate surface area is 118 Å². The molecule has 0 aromatic heterocycles. The highest BCUT2D eigenvalue weighted by Crippen LogP contribution is 2.32. The lowest BCUT2D eigenvalue weighted by Crippen LogP contribution is -2.25. The molecule has 1 heterocycles. The first-order valence-electron chi connectivity index (χ1n) is 6.31. The topological polar surface area (TPSA) is 53.5 Å². The summed E-state index contributed by atoms with van der Waals surface area (Å²) in [7, 11) is 0. The van der Waals surface area contributed by atoms with E-state index in [0.717, 1.165) is 18.6 Å². The van der Waals surface area contributed by atoms with Crippen molar-refractivity contribution in [2.75, 3.05) is 6.54 Å². The van der Waals surface area contributed by atoms with E-state index in [9.17, 15) is 22.4 Å². The first-order chi connectivity index (χ1) is 9.81. The van der Waals surface area contributed by atoms with Gasteiger partial charge in [-0.15, -0.1) is 0 Å². The molecule has 114 valence electrons. The fraction of sp³-hybridized carbons (Fsp3) is 0.385. The summed E-state index contributed by atoms with van der Waals surface area (Å²) in [4.78, 5) is 15.8. The second-order valence-electron chi connectivity index (χ2n) is 4.57. The molecule has 1 amide bonds. The lowest BCUT2D eigenvalue weighted by molar-refractivity contribution is -0.138. The molecular formula is C13H13F4N3O. The third-order valence-electron chi connectivity index (χ3n) is 2.86. The monoisotopic (exact) mass is 303 g/mol. The van der Waals surface area contributed by atoms with Crippen molar-refractivity contribution in [1.82, 2.24) is 10.6 Å². The minimum absolute atomic E-state index is 0.0958. The number of hydrogen-bond donors (Lipinski definition) is 2. The number of aliphatic imine (C=N–C) groups is 1. The average molecular weight is 303 g/mol. The van der Waals surface area contributed by atoms with Gasteiger partial charge in [0.25, 0.3) is 5.91 Å². The molecule has 1 atom stereocenters. The molecule has 0 aliphatic carbocycles. The van der Waals surface area contributed by atoms with Crippen molar-refractivity contribution in [3.8, 4) is 0 Å². The van der Waals surface area contributed by atoms with Crippen molar-refractivity contribution < 1.29 is 22.4 Å². The van der Waals surface area contributed by atoms with Crippen LogP contribution in [-0.2, 0) is 11.0 Å². The van der Waals surface area contributed by atoms with Crippen molar-refractivity contribution in [3.05, 3.63) is 35.1 Å². The standard InChI is InChI=1S/C13H13F4N3O/c1-2-3-18-12-19-10(11(21)20-12)7-4-8(13(15,16)17)6-9(14)5-7/h4-6,10H,2-3H2,1H3,(H2,18,19,20,21). The van der Waals surface area contributed by atoms with Gasteiger partial charge < -0.3 is 5.32 Å². The van der Waals surface area contributed by atoms with Gasteiger partial charge in [-0.05, 0) is 30.2 Å². The van der Waals surface area contributed by atoms with E-state index in [1.165, 1.54) is 0 Å². The van der Waals surface area contributed by atoms with Gasteiger partial charge in [0, 0.05) is 6.54 Å². The van der Waals surface area contributed by atoms with E-state index in [0.29, 0.717) is 12.6 Å². The molecule has 2 N–H and O–H groups in total. The summed E-state index contributed by atoms with van der Waals surface area (Å²) in [6.45, 7) is 2.35. The normalized spacial score (nSPS) is 20.5. The predicted molar refractivity (Wildman–Crippen MR) is 68.0 cm³/mol. The maximum absolute atomic E-state index is 13.3. The number of carbonyl (C=O) groups excluding carboxylic acids is 1. The largest absolute Gasteiger partial charge is 0.416 e. The van der Waals surface area contributed by atoms with Crippen molar-refractivity contribution in [2.45, 2.75) is 25.6 Å². The summed E-state index contributed by atoms with van der Waals surface area (Å²) in [5, 5.41) is 5.06. The van der Waals surface area contributed by atoms with Crippen LogP contribution in [0.4, 0.5) is 17.6 Å². The van der Waals surface area contributed by atoms with Gasteiger partial charge in [-0.2, -0.15) is 13.2 Å². The molecule has 0 bridgehead atoms. The summed E-state index contributed by atoms with van der Waals surface area (Å²) in [5.41, 5.74) is -1.23. The lowest BCUT2D eigenvalue weighted by Gasteiger charge is -2.12. The first-order valence-corrected chi connectivity index (χ1v) is 6.31. The lowest BCUT2D eigenvalue weighted by atomic mass is 10.0. The number of nitrogens with zero attached hydrogens (tertiary/aromatic N) is 1. The van der Waals surface area contributed by atoms with Crippen LogP contribution in [0.25, 0.3) is 0 Å². The van der Waals surface area contributed by atoms with E-state index in [1.807, 2.05) is 6.92 Å². The third kappa shape index (κ3) is 3.50. The molecule has 1 aromatic rings. The average Bonchev–Trinajstić information content (AvgIpc) is 2.76. The van der Waals surface area contributed by atoms with Gasteiger partial charge in [-0.3, -0.25) is 15.1 Å². The molecule has 1 unspecified atom stereocenters. The number of halogens is 4. The van der Waals surface area contributed by atoms with E-state index in [4.69, 9.17) is 0 Å². The molecular weight excluding hydrogens is 290 g/mol. The summed E-state index contributed by atoms with van der Waals surface area (Å²) in [5.74, 6) is -1.43. The summed E-state index contributed by atoms with van der Waals surface area (Å²) < 4.78 is 51.3. The number of alkyl halides is 3. The highest BCUT2D eigenvalue weighted by Gasteiger charge is 2.35. The van der Waals surface area contributed by atoms with Crippen LogP contribution in [0.2, 0.25) is 0 Å². The molecule has 0 saturated carbocycles. The smallest absolute Gasteiger partial charge is 0.340 e. The highest BCUT2D eigenvalue weighted by atomic mass is 19.4. The van der Waals surface area contributed by atoms with E-state index < -0.39 is 29.5 Å². The number of carbonyl (C=O) groups is 1. The maximum Gasteiger partial charge on any atom is 0.416 e. The number of hydrogen-bond acceptors (Lipinski definition) is 2. The van der Waals surface area contributed by atoms with Gasteiger partial charge in [-0.1, -0.05) is 6.92 Å². The SMILES string of the molecule is CCCN=C1NC(=O)C(c2cc(F)cc(C(F)(F)F)c2)N1. The zero-order valence-corrected chi connectivity index (χ0v) is 11.1. The van der Waals surface area contributed by atoms with Crippen molar-refractivity contribution in [3.63, 3.8) is 0 Å². The molecule has 2 rings (SSSR count). The molecule has 1 fully saturated rings. The first kappa shape index (κ1) is 15.3. The van der Waals surface area contributed by atoms with Gasteiger partial charge >= 0.3 is 6.18 Å². The van der Waals surface area contributed by atoms with Crippen molar-refractivity contribution >= 4 is 11.9 Å². The Morgan fingerprint density at radius 1 is 1.29 bits per heavy atom. The number of rotatable bonds is 3. The Morgan fingerprint density at radius 3 is 2.62 bits per heavy atom. The third-order valence-corrected chi connectivity index (χ3v) is 2.86. The Hall–Kier alpha value is -2.12. The second-order valence-corrected chi connectivity index (χ2v) is 4.57. The van der Waals surface area contributed by atoms with Crippen LogP contribution in [-0.4, -0.2) is 18.4 Å². The Kier molecular flexibility index (Phi) is 4.15. The number of amides is 1. The zero-order valence-electron chi connectivity index (χ0n) is 11.1. The Bertz CT molecular complexity index is 583. The number of benzene rings is 1. The fourth-order valence-electron chi connectivity index (χ4n) is 1.91. The van der Waals surface area contributed by atoms with Crippen LogP contribution in [0.3, 0.4) is 0 Å². The second kappa shape index (κ2) is 5.71. The molecule has 0 spiro atoms. The predicted octanol–water partition coefficient (Wildman–Crippen LogP) is 2.37. The van der Waals surface area contributed by atoms with Crippen LogP contribution in [0, 0.1) is 5.82 Å². The zero-order chi connectivity index (χ0) is 15.6. The van der Waals surface area contributed by atoms with E-state index in [1.54, 1.807) is 0 Å². The minimum atomic E-state index is -4.68. The van der Waals surface area contributed by atoms with Gasteiger partial charge in [0.1, 0.15) is 11.9 Å². The van der Waals surface area contributed by atoms with E-state index >= 15 is 0 Å². The fourth-order valence-corrected chi connectivity index (χ4v) is 1.91. The summed E-state index contributed by atoms with van der Waals surface area (Å²) in [6, 6.07) is 0.957. The van der Waals surface area contributed by atoms with Gasteiger partial charge in [-0.25, -0.2) is 4.39 Å². The molecule has 0 radical (unpaired) electrons. The number of nitrogens with one attached hydrogen (secondary N) is 2. The summed E-state index contributed by atoms with van der Waals surface area (Å²) >= 11 is 0. The molecule has 1 saturated heterocycles. The van der Waals surface area contributed by atoms with Crippen LogP contribution in [0.15, 0.2) is 23.2 Å². The molecule has 1 aliphatic heterocycles. The Morgan fingerprint density at radius 2 is 2.00 bits per heavy atom. The molecule has 21 heavy (non-hydrogen) atoms. The molecule has 1 aliphatic rings. The van der Waals surface area contributed by atoms with Gasteiger partial charge in [0.15, 0.2) is 5.96 Å². The van der Waals surface area contributed by atoms with E-state index in [2.05, 4.69) is 15.6 Å². The summed E-state index contributed by atoms with van der Waals surface area (Å²) in [6.07, 6.45) is -3.92. The molecule has 1 aromatic carbocycles. The van der Waals surface area contributed by atoms with E-state index in [-0.39, 0.29) is 11.5 Å². The molecule has 8 heteroatoms. The minimum Gasteiger partial charge on any atom is -0.340 e. The number of guanidine groups is 1. The van der Waals surface area contributed by atoms with Crippen LogP contribution >= 0.6 is 0 Å². The van der Waals surface area contributed by atoms with Crippen molar-refractivity contribution in [1.29, 1.82) is 0 Å². The van der Waals surface area contributed by atoms with Crippen LogP contribution in [0.1, 0.15) is 30.5 Å². The molecule has 4 nitrogen and oxygen atoms in total. The highest BCUT2D eigenvalue weighted by molar-refractivity contribution is 6.06. The Balaban J connectivity index is 2.30.